The molecule has 4 heterocycles. The van der Waals surface area contributed by atoms with E-state index in [4.69, 9.17) is 9.84 Å². The number of nitrogens with zero attached hydrogens (tertiary/aromatic N) is 7. The standard InChI is InChI=1S/C41H53N9O2/c1-27-15-16-30(24-29(27)21-23-47(6)7)50-38(25-36(46-50)41(3,4)5)43-39(51)42-34-18-19-35(33-14-9-8-13-32(33)34)52-31-17-20-37-44-45-40(49(37)26-31)48-22-11-10-12-28(48)2/h8-9,13-17,20,24-26,28,34-35H,10-12,18-19,21-23H2,1-7H3,(H2,42,43,51)/t28-,34?,35+/m0/s1. The molecule has 0 spiro atoms. The summed E-state index contributed by atoms with van der Waals surface area (Å²) in [6, 6.07) is 20.6. The van der Waals surface area contributed by atoms with Gasteiger partial charge in [-0.25, -0.2) is 9.48 Å². The quantitative estimate of drug-likeness (QED) is 0.162. The number of ether oxygens (including phenoxy) is 1. The molecule has 3 atom stereocenters. The zero-order valence-corrected chi connectivity index (χ0v) is 31.7. The number of carbonyl (C=O) groups excluding carboxylic acids is 1. The van der Waals surface area contributed by atoms with Crippen molar-refractivity contribution in [2.45, 2.75) is 96.7 Å². The number of rotatable bonds is 9. The molecule has 1 aliphatic heterocycles. The number of fused-ring (bicyclic) bond motifs is 2. The maximum atomic E-state index is 13.8. The van der Waals surface area contributed by atoms with Crippen LogP contribution in [0.3, 0.4) is 0 Å². The second kappa shape index (κ2) is 14.6. The Kier molecular flexibility index (Phi) is 9.98. The molecule has 1 unspecified atom stereocenters. The van der Waals surface area contributed by atoms with Crippen LogP contribution in [-0.2, 0) is 11.8 Å². The lowest BCUT2D eigenvalue weighted by atomic mass is 9.85. The molecule has 2 aliphatic rings. The molecule has 0 radical (unpaired) electrons. The number of pyridine rings is 1. The summed E-state index contributed by atoms with van der Waals surface area (Å²) >= 11 is 0. The summed E-state index contributed by atoms with van der Waals surface area (Å²) in [5.74, 6) is 2.28. The number of piperidine rings is 1. The Hall–Kier alpha value is -4.90. The third-order valence-electron chi connectivity index (χ3n) is 10.6. The van der Waals surface area contributed by atoms with Crippen LogP contribution in [0.5, 0.6) is 5.75 Å². The van der Waals surface area contributed by atoms with Gasteiger partial charge in [-0.15, -0.1) is 10.2 Å². The molecule has 1 saturated heterocycles. The van der Waals surface area contributed by atoms with Crippen molar-refractivity contribution in [1.29, 1.82) is 0 Å². The average molecular weight is 704 g/mol. The van der Waals surface area contributed by atoms with E-state index in [2.05, 4.69) is 114 Å². The number of nitrogens with one attached hydrogen (secondary N) is 2. The molecule has 2 N–H and O–H groups in total. The summed E-state index contributed by atoms with van der Waals surface area (Å²) in [6.45, 7) is 12.7. The van der Waals surface area contributed by atoms with Crippen LogP contribution in [0.4, 0.5) is 16.6 Å². The van der Waals surface area contributed by atoms with E-state index in [-0.39, 0.29) is 23.6 Å². The number of hydrogen-bond acceptors (Lipinski definition) is 7. The predicted molar refractivity (Wildman–Crippen MR) is 207 cm³/mol. The molecule has 11 heteroatoms. The fourth-order valence-electron chi connectivity index (χ4n) is 7.45. The highest BCUT2D eigenvalue weighted by molar-refractivity contribution is 5.89. The molecule has 0 saturated carbocycles. The van der Waals surface area contributed by atoms with Crippen molar-refractivity contribution < 1.29 is 9.53 Å². The summed E-state index contributed by atoms with van der Waals surface area (Å²) in [5, 5.41) is 20.4. The Morgan fingerprint density at radius 2 is 1.79 bits per heavy atom. The Balaban J connectivity index is 1.09. The van der Waals surface area contributed by atoms with Crippen LogP contribution in [0.25, 0.3) is 11.3 Å². The smallest absolute Gasteiger partial charge is 0.320 e. The van der Waals surface area contributed by atoms with Crippen LogP contribution in [0.15, 0.2) is 66.9 Å². The van der Waals surface area contributed by atoms with Crippen LogP contribution in [0, 0.1) is 6.92 Å². The monoisotopic (exact) mass is 703 g/mol. The molecule has 1 aliphatic carbocycles. The topological polar surface area (TPSA) is 105 Å². The van der Waals surface area contributed by atoms with Crippen molar-refractivity contribution >= 4 is 23.4 Å². The van der Waals surface area contributed by atoms with Crippen LogP contribution in [-0.4, -0.2) is 68.5 Å². The highest BCUT2D eigenvalue weighted by Gasteiger charge is 2.31. The van der Waals surface area contributed by atoms with E-state index in [1.807, 2.05) is 41.2 Å². The minimum atomic E-state index is -0.266. The van der Waals surface area contributed by atoms with E-state index >= 15 is 0 Å². The molecule has 7 rings (SSSR count). The Morgan fingerprint density at radius 1 is 0.981 bits per heavy atom. The van der Waals surface area contributed by atoms with Gasteiger partial charge >= 0.3 is 6.03 Å². The van der Waals surface area contributed by atoms with Crippen molar-refractivity contribution in [3.63, 3.8) is 0 Å². The second-order valence-corrected chi connectivity index (χ2v) is 15.8. The lowest BCUT2D eigenvalue weighted by Crippen LogP contribution is -2.38. The fourth-order valence-corrected chi connectivity index (χ4v) is 7.45. The van der Waals surface area contributed by atoms with Crippen molar-refractivity contribution in [1.82, 2.24) is 34.6 Å². The fraction of sp³-hybridized carbons (Fsp3) is 0.463. The molecular weight excluding hydrogens is 651 g/mol. The van der Waals surface area contributed by atoms with Gasteiger partial charge in [0.1, 0.15) is 17.7 Å². The van der Waals surface area contributed by atoms with Gasteiger partial charge < -0.3 is 19.9 Å². The lowest BCUT2D eigenvalue weighted by molar-refractivity contribution is 0.171. The number of carbonyl (C=O) groups is 1. The summed E-state index contributed by atoms with van der Waals surface area (Å²) in [7, 11) is 4.18. The van der Waals surface area contributed by atoms with Crippen LogP contribution in [0.2, 0.25) is 0 Å². The maximum absolute atomic E-state index is 13.8. The zero-order valence-electron chi connectivity index (χ0n) is 31.7. The zero-order chi connectivity index (χ0) is 36.6. The summed E-state index contributed by atoms with van der Waals surface area (Å²) in [4.78, 5) is 18.3. The largest absolute Gasteiger partial charge is 0.484 e. The molecule has 52 heavy (non-hydrogen) atoms. The van der Waals surface area contributed by atoms with Crippen LogP contribution in [0.1, 0.15) is 99.9 Å². The van der Waals surface area contributed by atoms with Gasteiger partial charge in [0.15, 0.2) is 5.65 Å². The van der Waals surface area contributed by atoms with E-state index in [1.165, 1.54) is 17.5 Å². The SMILES string of the molecule is Cc1ccc(-n2nc(C(C)(C)C)cc2NC(=O)NC2CC[C@@H](Oc3ccc4nnc(N5CCCC[C@@H]5C)n4c3)c3ccccc32)cc1CCN(C)C. The molecule has 3 aromatic heterocycles. The number of aryl methyl sites for hydroxylation is 1. The van der Waals surface area contributed by atoms with Gasteiger partial charge in [0.05, 0.1) is 23.6 Å². The number of benzene rings is 2. The summed E-state index contributed by atoms with van der Waals surface area (Å²) in [5.41, 5.74) is 7.11. The third kappa shape index (κ3) is 7.51. The first-order chi connectivity index (χ1) is 24.9. The maximum Gasteiger partial charge on any atom is 0.320 e. The van der Waals surface area contributed by atoms with Gasteiger partial charge in [0, 0.05) is 30.6 Å². The Bertz CT molecular complexity index is 2040. The minimum absolute atomic E-state index is 0.150. The van der Waals surface area contributed by atoms with Gasteiger partial charge in [0.25, 0.3) is 0 Å². The van der Waals surface area contributed by atoms with Crippen molar-refractivity contribution in [3.8, 4) is 11.4 Å². The molecule has 2 aromatic carbocycles. The second-order valence-electron chi connectivity index (χ2n) is 15.8. The van der Waals surface area contributed by atoms with E-state index in [9.17, 15) is 4.79 Å². The highest BCUT2D eigenvalue weighted by atomic mass is 16.5. The van der Waals surface area contributed by atoms with Crippen LogP contribution < -0.4 is 20.3 Å². The highest BCUT2D eigenvalue weighted by Crippen LogP contribution is 2.39. The lowest BCUT2D eigenvalue weighted by Gasteiger charge is -2.33. The van der Waals surface area contributed by atoms with Gasteiger partial charge in [-0.3, -0.25) is 9.72 Å². The van der Waals surface area contributed by atoms with E-state index in [1.54, 1.807) is 0 Å². The van der Waals surface area contributed by atoms with Crippen molar-refractivity contribution in [2.75, 3.05) is 37.4 Å². The molecule has 0 bridgehead atoms. The minimum Gasteiger partial charge on any atom is -0.484 e. The molecule has 11 nitrogen and oxygen atoms in total. The molecular formula is C41H53N9O2. The van der Waals surface area contributed by atoms with Gasteiger partial charge in [-0.2, -0.15) is 5.10 Å². The van der Waals surface area contributed by atoms with E-state index in [0.29, 0.717) is 11.9 Å². The summed E-state index contributed by atoms with van der Waals surface area (Å²) < 4.78 is 10.6. The molecule has 1 fully saturated rings. The first kappa shape index (κ1) is 35.5. The van der Waals surface area contributed by atoms with E-state index < -0.39 is 0 Å². The average Bonchev–Trinajstić information content (AvgIpc) is 3.74. The number of amides is 2. The molecule has 5 aromatic rings. The van der Waals surface area contributed by atoms with Crippen molar-refractivity contribution in [2.24, 2.45) is 0 Å². The third-order valence-corrected chi connectivity index (χ3v) is 10.6. The Morgan fingerprint density at radius 3 is 2.56 bits per heavy atom. The van der Waals surface area contributed by atoms with Gasteiger partial charge in [-0.1, -0.05) is 51.1 Å². The summed E-state index contributed by atoms with van der Waals surface area (Å²) in [6.07, 6.45) is 7.85. The molecule has 274 valence electrons. The number of hydrogen-bond donors (Lipinski definition) is 2. The predicted octanol–water partition coefficient (Wildman–Crippen LogP) is 7.78. The Labute approximate surface area is 307 Å². The van der Waals surface area contributed by atoms with Gasteiger partial charge in [-0.05, 0) is 113 Å². The normalized spacial score (nSPS) is 19.2. The first-order valence-electron chi connectivity index (χ1n) is 18.7. The first-order valence-corrected chi connectivity index (χ1v) is 18.7. The molecule has 2 amide bonds. The number of likely N-dealkylation sites (N-methyl/N-ethyl adjacent to an activating group) is 1. The van der Waals surface area contributed by atoms with Crippen LogP contribution >= 0.6 is 0 Å². The van der Waals surface area contributed by atoms with Gasteiger partial charge in [0.2, 0.25) is 5.95 Å². The van der Waals surface area contributed by atoms with E-state index in [0.717, 1.165) is 85.0 Å². The van der Waals surface area contributed by atoms with Crippen molar-refractivity contribution in [3.05, 3.63) is 94.8 Å². The number of anilines is 2. The number of aromatic nitrogens is 5. The number of urea groups is 1.